The molecule has 4 rings (SSSR count). The average Bonchev–Trinajstić information content (AvgIpc) is 3.26. The highest BCUT2D eigenvalue weighted by Crippen LogP contribution is 2.47. The molecule has 0 radical (unpaired) electrons. The second-order valence-electron chi connectivity index (χ2n) is 8.72. The fourth-order valence-electron chi connectivity index (χ4n) is 3.68. The minimum Gasteiger partial charge on any atom is -0.448 e. The van der Waals surface area contributed by atoms with Crippen molar-refractivity contribution in [2.24, 2.45) is 0 Å². The lowest BCUT2D eigenvalue weighted by Crippen LogP contribution is -2.40. The normalized spacial score (nSPS) is 16.7. The van der Waals surface area contributed by atoms with Crippen molar-refractivity contribution in [1.29, 1.82) is 0 Å². The standard InChI is InChI=1S/C23H26N2O4/c1-22(2,3)25-21(27)16-8-6-15(7-9-16)20(26)24-17-10-11-18-19(14-17)29-23(28-18)12-4-5-13-23/h6-11,14H,4-5,12-13H2,1-3H3,(H,24,26)(H,25,27). The molecule has 1 spiro atoms. The molecule has 2 aliphatic rings. The average molecular weight is 394 g/mol. The first-order valence-corrected chi connectivity index (χ1v) is 9.99. The summed E-state index contributed by atoms with van der Waals surface area (Å²) in [7, 11) is 0. The predicted molar refractivity (Wildman–Crippen MR) is 111 cm³/mol. The Kier molecular flexibility index (Phi) is 4.73. The van der Waals surface area contributed by atoms with Crippen LogP contribution in [0.2, 0.25) is 0 Å². The van der Waals surface area contributed by atoms with Crippen molar-refractivity contribution in [3.63, 3.8) is 0 Å². The minimum atomic E-state index is -0.519. The van der Waals surface area contributed by atoms with Crippen molar-refractivity contribution in [3.8, 4) is 11.5 Å². The second kappa shape index (κ2) is 7.10. The Hall–Kier alpha value is -3.02. The van der Waals surface area contributed by atoms with E-state index in [1.54, 1.807) is 36.4 Å². The Morgan fingerprint density at radius 1 is 0.862 bits per heavy atom. The van der Waals surface area contributed by atoms with Gasteiger partial charge in [-0.1, -0.05) is 0 Å². The van der Waals surface area contributed by atoms with Gasteiger partial charge in [0, 0.05) is 41.3 Å². The third kappa shape index (κ3) is 4.21. The van der Waals surface area contributed by atoms with E-state index in [1.807, 2.05) is 26.8 Å². The molecule has 1 aliphatic heterocycles. The number of hydrogen-bond acceptors (Lipinski definition) is 4. The molecule has 1 heterocycles. The van der Waals surface area contributed by atoms with E-state index in [0.717, 1.165) is 31.4 Å². The topological polar surface area (TPSA) is 76.7 Å². The number of fused-ring (bicyclic) bond motifs is 1. The Morgan fingerprint density at radius 3 is 2.07 bits per heavy atom. The summed E-state index contributed by atoms with van der Waals surface area (Å²) in [4.78, 5) is 24.8. The highest BCUT2D eigenvalue weighted by atomic mass is 16.7. The van der Waals surface area contributed by atoms with Gasteiger partial charge in [0.25, 0.3) is 17.6 Å². The van der Waals surface area contributed by atoms with Crippen LogP contribution in [-0.2, 0) is 0 Å². The smallest absolute Gasteiger partial charge is 0.255 e. The lowest BCUT2D eigenvalue weighted by molar-refractivity contribution is -0.0716. The molecule has 2 N–H and O–H groups in total. The van der Waals surface area contributed by atoms with Crippen molar-refractivity contribution >= 4 is 17.5 Å². The molecule has 2 aromatic rings. The first kappa shape index (κ1) is 19.3. The van der Waals surface area contributed by atoms with Crippen molar-refractivity contribution in [2.75, 3.05) is 5.32 Å². The SMILES string of the molecule is CC(C)(C)NC(=O)c1ccc(C(=O)Nc2ccc3c(c2)OC2(CCCC2)O3)cc1. The molecule has 1 aliphatic carbocycles. The van der Waals surface area contributed by atoms with E-state index in [0.29, 0.717) is 22.6 Å². The quantitative estimate of drug-likeness (QED) is 0.803. The van der Waals surface area contributed by atoms with Crippen LogP contribution >= 0.6 is 0 Å². The van der Waals surface area contributed by atoms with E-state index in [9.17, 15) is 9.59 Å². The summed E-state index contributed by atoms with van der Waals surface area (Å²) < 4.78 is 12.0. The maximum absolute atomic E-state index is 12.6. The number of carbonyl (C=O) groups excluding carboxylic acids is 2. The van der Waals surface area contributed by atoms with Crippen LogP contribution in [-0.4, -0.2) is 23.1 Å². The predicted octanol–water partition coefficient (Wildman–Crippen LogP) is 4.51. The molecule has 0 bridgehead atoms. The molecule has 6 heteroatoms. The maximum Gasteiger partial charge on any atom is 0.255 e. The number of ether oxygens (including phenoxy) is 2. The van der Waals surface area contributed by atoms with Gasteiger partial charge in [-0.15, -0.1) is 0 Å². The van der Waals surface area contributed by atoms with Crippen LogP contribution in [0.15, 0.2) is 42.5 Å². The second-order valence-corrected chi connectivity index (χ2v) is 8.72. The summed E-state index contributed by atoms with van der Waals surface area (Å²) in [5, 5.41) is 5.78. The molecular weight excluding hydrogens is 368 g/mol. The molecule has 1 fully saturated rings. The van der Waals surface area contributed by atoms with Crippen LogP contribution < -0.4 is 20.1 Å². The fourth-order valence-corrected chi connectivity index (χ4v) is 3.68. The first-order valence-electron chi connectivity index (χ1n) is 9.99. The Morgan fingerprint density at radius 2 is 1.45 bits per heavy atom. The largest absolute Gasteiger partial charge is 0.448 e. The molecule has 6 nitrogen and oxygen atoms in total. The van der Waals surface area contributed by atoms with Gasteiger partial charge in [-0.25, -0.2) is 0 Å². The van der Waals surface area contributed by atoms with Gasteiger partial charge in [0.2, 0.25) is 0 Å². The zero-order chi connectivity index (χ0) is 20.6. The first-order chi connectivity index (χ1) is 13.7. The Bertz CT molecular complexity index is 938. The highest BCUT2D eigenvalue weighted by molar-refractivity contribution is 6.05. The number of nitrogens with one attached hydrogen (secondary N) is 2. The molecule has 0 aromatic heterocycles. The molecule has 2 amide bonds. The van der Waals surface area contributed by atoms with Gasteiger partial charge in [0.1, 0.15) is 0 Å². The number of anilines is 1. The zero-order valence-electron chi connectivity index (χ0n) is 17.0. The van der Waals surface area contributed by atoms with Gasteiger partial charge in [-0.3, -0.25) is 9.59 Å². The van der Waals surface area contributed by atoms with E-state index in [-0.39, 0.29) is 17.4 Å². The van der Waals surface area contributed by atoms with Crippen LogP contribution in [0.1, 0.15) is 67.2 Å². The van der Waals surface area contributed by atoms with Gasteiger partial charge in [0.05, 0.1) is 0 Å². The number of benzene rings is 2. The van der Waals surface area contributed by atoms with E-state index in [1.165, 1.54) is 0 Å². The van der Waals surface area contributed by atoms with Crippen LogP contribution in [0.4, 0.5) is 5.69 Å². The number of rotatable bonds is 3. The molecular formula is C23H26N2O4. The summed E-state index contributed by atoms with van der Waals surface area (Å²) in [6, 6.07) is 12.0. The molecule has 29 heavy (non-hydrogen) atoms. The van der Waals surface area contributed by atoms with E-state index in [2.05, 4.69) is 10.6 Å². The third-order valence-electron chi connectivity index (χ3n) is 5.06. The van der Waals surface area contributed by atoms with Gasteiger partial charge in [-0.05, 0) is 70.0 Å². The number of carbonyl (C=O) groups is 2. The van der Waals surface area contributed by atoms with Crippen LogP contribution in [0.5, 0.6) is 11.5 Å². The monoisotopic (exact) mass is 394 g/mol. The number of amides is 2. The van der Waals surface area contributed by atoms with Crippen LogP contribution in [0.3, 0.4) is 0 Å². The minimum absolute atomic E-state index is 0.166. The van der Waals surface area contributed by atoms with E-state index >= 15 is 0 Å². The van der Waals surface area contributed by atoms with Crippen molar-refractivity contribution in [3.05, 3.63) is 53.6 Å². The van der Waals surface area contributed by atoms with Gasteiger partial charge >= 0.3 is 0 Å². The highest BCUT2D eigenvalue weighted by Gasteiger charge is 2.44. The van der Waals surface area contributed by atoms with Gasteiger partial charge in [-0.2, -0.15) is 0 Å². The van der Waals surface area contributed by atoms with Crippen molar-refractivity contribution in [2.45, 2.75) is 57.8 Å². The lowest BCUT2D eigenvalue weighted by Gasteiger charge is -2.21. The molecule has 0 unspecified atom stereocenters. The zero-order valence-corrected chi connectivity index (χ0v) is 17.0. The summed E-state index contributed by atoms with van der Waals surface area (Å²) >= 11 is 0. The van der Waals surface area contributed by atoms with Crippen molar-refractivity contribution in [1.82, 2.24) is 5.32 Å². The van der Waals surface area contributed by atoms with E-state index < -0.39 is 5.79 Å². The maximum atomic E-state index is 12.6. The van der Waals surface area contributed by atoms with Gasteiger partial charge in [0.15, 0.2) is 11.5 Å². The molecule has 152 valence electrons. The summed E-state index contributed by atoms with van der Waals surface area (Å²) in [5.74, 6) is 0.454. The van der Waals surface area contributed by atoms with Crippen molar-refractivity contribution < 1.29 is 19.1 Å². The van der Waals surface area contributed by atoms with E-state index in [4.69, 9.17) is 9.47 Å². The lowest BCUT2D eigenvalue weighted by atomic mass is 10.1. The Labute approximate surface area is 170 Å². The fraction of sp³-hybridized carbons (Fsp3) is 0.391. The molecule has 2 aromatic carbocycles. The molecule has 0 atom stereocenters. The molecule has 0 saturated heterocycles. The number of hydrogen-bond donors (Lipinski definition) is 2. The van der Waals surface area contributed by atoms with Crippen LogP contribution in [0.25, 0.3) is 0 Å². The van der Waals surface area contributed by atoms with Gasteiger partial charge < -0.3 is 20.1 Å². The van der Waals surface area contributed by atoms with Crippen LogP contribution in [0, 0.1) is 0 Å². The molecule has 1 saturated carbocycles. The summed E-state index contributed by atoms with van der Waals surface area (Å²) in [6.07, 6.45) is 3.97. The summed E-state index contributed by atoms with van der Waals surface area (Å²) in [6.45, 7) is 5.77. The Balaban J connectivity index is 1.42. The third-order valence-corrected chi connectivity index (χ3v) is 5.06. The summed E-state index contributed by atoms with van der Waals surface area (Å²) in [5.41, 5.74) is 1.31.